The van der Waals surface area contributed by atoms with Gasteiger partial charge in [-0.3, -0.25) is 0 Å². The summed E-state index contributed by atoms with van der Waals surface area (Å²) >= 11 is 4.88. The largest absolute Gasteiger partial charge is 0.507 e. The Morgan fingerprint density at radius 2 is 2.25 bits per heavy atom. The van der Waals surface area contributed by atoms with Crippen LogP contribution >= 0.6 is 27.7 Å². The van der Waals surface area contributed by atoms with Gasteiger partial charge in [-0.2, -0.15) is 0 Å². The zero-order chi connectivity index (χ0) is 12.3. The summed E-state index contributed by atoms with van der Waals surface area (Å²) in [6.45, 7) is 3.79. The van der Waals surface area contributed by atoms with Crippen LogP contribution in [0.1, 0.15) is 22.8 Å². The molecular formula is C11H13BrO3S. The molecule has 0 aliphatic heterocycles. The second-order valence-corrected chi connectivity index (χ2v) is 4.80. The first-order valence-corrected chi connectivity index (χ1v) is 6.77. The Morgan fingerprint density at radius 1 is 1.62 bits per heavy atom. The number of phenols is 1. The summed E-state index contributed by atoms with van der Waals surface area (Å²) in [4.78, 5) is 12.5. The molecule has 1 rings (SSSR count). The van der Waals surface area contributed by atoms with Crippen LogP contribution in [0.5, 0.6) is 5.75 Å². The Kier molecular flexibility index (Phi) is 4.68. The first-order chi connectivity index (χ1) is 7.52. The lowest BCUT2D eigenvalue weighted by molar-refractivity contribution is 0.0522. The second-order valence-electron chi connectivity index (χ2n) is 3.13. The van der Waals surface area contributed by atoms with Crippen LogP contribution < -0.4 is 0 Å². The van der Waals surface area contributed by atoms with Crippen molar-refractivity contribution in [3.05, 3.63) is 21.7 Å². The van der Waals surface area contributed by atoms with Gasteiger partial charge in [0.2, 0.25) is 0 Å². The van der Waals surface area contributed by atoms with Crippen LogP contribution in [0.2, 0.25) is 0 Å². The second kappa shape index (κ2) is 5.59. The Balaban J connectivity index is 3.28. The van der Waals surface area contributed by atoms with E-state index in [4.69, 9.17) is 4.74 Å². The van der Waals surface area contributed by atoms with Crippen molar-refractivity contribution in [2.75, 3.05) is 12.9 Å². The zero-order valence-electron chi connectivity index (χ0n) is 9.33. The number of aromatic hydroxyl groups is 1. The van der Waals surface area contributed by atoms with Gasteiger partial charge in [0.05, 0.1) is 6.61 Å². The highest BCUT2D eigenvalue weighted by molar-refractivity contribution is 9.10. The Bertz CT molecular complexity index is 418. The van der Waals surface area contributed by atoms with E-state index in [1.54, 1.807) is 19.9 Å². The molecule has 16 heavy (non-hydrogen) atoms. The summed E-state index contributed by atoms with van der Waals surface area (Å²) in [5.74, 6) is -0.512. The lowest BCUT2D eigenvalue weighted by Gasteiger charge is -2.11. The van der Waals surface area contributed by atoms with Crippen LogP contribution in [0.3, 0.4) is 0 Å². The number of esters is 1. The molecule has 1 N–H and O–H groups in total. The molecule has 0 aliphatic rings. The van der Waals surface area contributed by atoms with Gasteiger partial charge < -0.3 is 9.84 Å². The van der Waals surface area contributed by atoms with Crippen molar-refractivity contribution in [2.24, 2.45) is 0 Å². The summed E-state index contributed by atoms with van der Waals surface area (Å²) in [5, 5.41) is 9.90. The first kappa shape index (κ1) is 13.4. The molecule has 0 radical (unpaired) electrons. The minimum atomic E-state index is -0.503. The minimum Gasteiger partial charge on any atom is -0.507 e. The number of hydrogen-bond acceptors (Lipinski definition) is 4. The van der Waals surface area contributed by atoms with Gasteiger partial charge in [-0.1, -0.05) is 0 Å². The molecule has 1 aromatic carbocycles. The van der Waals surface area contributed by atoms with Crippen molar-refractivity contribution in [3.63, 3.8) is 0 Å². The summed E-state index contributed by atoms with van der Waals surface area (Å²) in [6.07, 6.45) is 1.91. The average molecular weight is 305 g/mol. The SMILES string of the molecule is CCOC(=O)c1cc(Br)c(SC)c(C)c1O. The van der Waals surface area contributed by atoms with Crippen molar-refractivity contribution in [3.8, 4) is 5.75 Å². The quantitative estimate of drug-likeness (QED) is 0.687. The van der Waals surface area contributed by atoms with E-state index in [0.717, 1.165) is 9.37 Å². The Hall–Kier alpha value is -0.680. The van der Waals surface area contributed by atoms with Crippen molar-refractivity contribution in [1.82, 2.24) is 0 Å². The predicted molar refractivity (Wildman–Crippen MR) is 68.3 cm³/mol. The maximum absolute atomic E-state index is 11.6. The predicted octanol–water partition coefficient (Wildman–Crippen LogP) is 3.36. The van der Waals surface area contributed by atoms with Gasteiger partial charge in [0.1, 0.15) is 11.3 Å². The minimum absolute atomic E-state index is 0.00833. The van der Waals surface area contributed by atoms with E-state index in [0.29, 0.717) is 12.2 Å². The van der Waals surface area contributed by atoms with Crippen LogP contribution in [0.15, 0.2) is 15.4 Å². The number of phenolic OH excluding ortho intramolecular Hbond substituents is 1. The fraction of sp³-hybridized carbons (Fsp3) is 0.364. The van der Waals surface area contributed by atoms with Crippen LogP contribution in [0.4, 0.5) is 0 Å². The number of carbonyl (C=O) groups is 1. The fourth-order valence-corrected chi connectivity index (χ4v) is 3.03. The number of thioether (sulfide) groups is 1. The lowest BCUT2D eigenvalue weighted by atomic mass is 10.1. The summed E-state index contributed by atoms with van der Waals surface area (Å²) in [5.41, 5.74) is 0.883. The van der Waals surface area contributed by atoms with E-state index < -0.39 is 5.97 Å². The molecule has 0 aromatic heterocycles. The van der Waals surface area contributed by atoms with Gasteiger partial charge in [0, 0.05) is 14.9 Å². The normalized spacial score (nSPS) is 10.2. The third-order valence-electron chi connectivity index (χ3n) is 2.14. The number of rotatable bonds is 3. The summed E-state index contributed by atoms with van der Waals surface area (Å²) < 4.78 is 5.66. The smallest absolute Gasteiger partial charge is 0.341 e. The van der Waals surface area contributed by atoms with Crippen LogP contribution in [-0.4, -0.2) is 23.9 Å². The molecule has 88 valence electrons. The van der Waals surface area contributed by atoms with Crippen molar-refractivity contribution >= 4 is 33.7 Å². The van der Waals surface area contributed by atoms with E-state index in [1.807, 2.05) is 6.26 Å². The molecule has 0 fully saturated rings. The van der Waals surface area contributed by atoms with E-state index in [2.05, 4.69) is 15.9 Å². The molecule has 0 aliphatic carbocycles. The van der Waals surface area contributed by atoms with Gasteiger partial charge >= 0.3 is 5.97 Å². The number of benzene rings is 1. The molecule has 3 nitrogen and oxygen atoms in total. The van der Waals surface area contributed by atoms with E-state index in [9.17, 15) is 9.90 Å². The highest BCUT2D eigenvalue weighted by Gasteiger charge is 2.18. The fourth-order valence-electron chi connectivity index (χ4n) is 1.36. The van der Waals surface area contributed by atoms with E-state index in [-0.39, 0.29) is 11.3 Å². The highest BCUT2D eigenvalue weighted by atomic mass is 79.9. The van der Waals surface area contributed by atoms with Crippen LogP contribution in [0.25, 0.3) is 0 Å². The maximum Gasteiger partial charge on any atom is 0.341 e. The Labute approximate surface area is 107 Å². The topological polar surface area (TPSA) is 46.5 Å². The molecule has 1 aromatic rings. The molecule has 0 saturated heterocycles. The van der Waals surface area contributed by atoms with Crippen LogP contribution in [-0.2, 0) is 4.74 Å². The number of carbonyl (C=O) groups excluding carboxylic acids is 1. The number of halogens is 1. The standard InChI is InChI=1S/C11H13BrO3S/c1-4-15-11(14)7-5-8(12)10(16-3)6(2)9(7)13/h5,13H,4H2,1-3H3. The lowest BCUT2D eigenvalue weighted by Crippen LogP contribution is -2.06. The molecule has 0 atom stereocenters. The summed E-state index contributed by atoms with van der Waals surface area (Å²) in [7, 11) is 0. The maximum atomic E-state index is 11.6. The Morgan fingerprint density at radius 3 is 2.75 bits per heavy atom. The number of ether oxygens (including phenoxy) is 1. The highest BCUT2D eigenvalue weighted by Crippen LogP contribution is 2.37. The van der Waals surface area contributed by atoms with Gasteiger partial charge in [0.25, 0.3) is 0 Å². The molecule has 0 spiro atoms. The van der Waals surface area contributed by atoms with Crippen molar-refractivity contribution in [1.29, 1.82) is 0 Å². The summed E-state index contributed by atoms with van der Waals surface area (Å²) in [6, 6.07) is 1.59. The van der Waals surface area contributed by atoms with Gasteiger partial charge in [0.15, 0.2) is 0 Å². The van der Waals surface area contributed by atoms with Gasteiger partial charge in [-0.15, -0.1) is 11.8 Å². The molecule has 0 saturated carbocycles. The molecule has 0 bridgehead atoms. The molecule has 5 heteroatoms. The third-order valence-corrected chi connectivity index (χ3v) is 3.96. The van der Waals surface area contributed by atoms with E-state index in [1.165, 1.54) is 11.8 Å². The molecule has 0 amide bonds. The van der Waals surface area contributed by atoms with Crippen molar-refractivity contribution < 1.29 is 14.6 Å². The third kappa shape index (κ3) is 2.52. The molecule has 0 unspecified atom stereocenters. The molecule has 0 heterocycles. The average Bonchev–Trinajstić information content (AvgIpc) is 2.24. The van der Waals surface area contributed by atoms with Crippen molar-refractivity contribution in [2.45, 2.75) is 18.7 Å². The van der Waals surface area contributed by atoms with Gasteiger partial charge in [-0.25, -0.2) is 4.79 Å². The van der Waals surface area contributed by atoms with Gasteiger partial charge in [-0.05, 0) is 42.1 Å². The number of hydrogen-bond donors (Lipinski definition) is 1. The van der Waals surface area contributed by atoms with E-state index >= 15 is 0 Å². The molecular weight excluding hydrogens is 292 g/mol. The zero-order valence-corrected chi connectivity index (χ0v) is 11.7. The monoisotopic (exact) mass is 304 g/mol. The van der Waals surface area contributed by atoms with Crippen LogP contribution in [0, 0.1) is 6.92 Å². The first-order valence-electron chi connectivity index (χ1n) is 4.76.